The summed E-state index contributed by atoms with van der Waals surface area (Å²) in [5, 5.41) is 16.0. The SMILES string of the molecule is CNC(=O)c1cnn(-c2ccc(Cl)cn2)c1C#N. The van der Waals surface area contributed by atoms with Gasteiger partial charge in [0.05, 0.1) is 16.8 Å². The van der Waals surface area contributed by atoms with Gasteiger partial charge in [0.1, 0.15) is 6.07 Å². The van der Waals surface area contributed by atoms with Crippen LogP contribution in [0.1, 0.15) is 16.1 Å². The average molecular weight is 262 g/mol. The molecule has 0 radical (unpaired) electrons. The van der Waals surface area contributed by atoms with Gasteiger partial charge in [0.15, 0.2) is 11.5 Å². The van der Waals surface area contributed by atoms with Gasteiger partial charge in [0, 0.05) is 13.2 Å². The van der Waals surface area contributed by atoms with Crippen LogP contribution in [0.5, 0.6) is 0 Å². The molecule has 0 spiro atoms. The third-order valence-electron chi connectivity index (χ3n) is 2.28. The molecular weight excluding hydrogens is 254 g/mol. The molecule has 0 unspecified atom stereocenters. The van der Waals surface area contributed by atoms with Crippen LogP contribution in [0, 0.1) is 11.3 Å². The van der Waals surface area contributed by atoms with Crippen molar-refractivity contribution < 1.29 is 4.79 Å². The molecule has 2 rings (SSSR count). The molecule has 18 heavy (non-hydrogen) atoms. The van der Waals surface area contributed by atoms with Crippen molar-refractivity contribution in [3.05, 3.63) is 40.8 Å². The van der Waals surface area contributed by atoms with E-state index < -0.39 is 0 Å². The Kier molecular flexibility index (Phi) is 3.26. The average Bonchev–Trinajstić information content (AvgIpc) is 2.82. The number of nitrogens with zero attached hydrogens (tertiary/aromatic N) is 4. The first-order chi connectivity index (χ1) is 8.67. The van der Waals surface area contributed by atoms with Crippen molar-refractivity contribution in [3.63, 3.8) is 0 Å². The van der Waals surface area contributed by atoms with E-state index in [-0.39, 0.29) is 17.2 Å². The van der Waals surface area contributed by atoms with Gasteiger partial charge in [-0.3, -0.25) is 4.79 Å². The lowest BCUT2D eigenvalue weighted by Crippen LogP contribution is -2.18. The van der Waals surface area contributed by atoms with Crippen LogP contribution in [0.2, 0.25) is 5.02 Å². The Balaban J connectivity index is 2.53. The quantitative estimate of drug-likeness (QED) is 0.879. The van der Waals surface area contributed by atoms with E-state index in [0.29, 0.717) is 10.8 Å². The zero-order valence-corrected chi connectivity index (χ0v) is 10.1. The number of pyridine rings is 1. The van der Waals surface area contributed by atoms with E-state index in [2.05, 4.69) is 15.4 Å². The smallest absolute Gasteiger partial charge is 0.255 e. The molecule has 0 aliphatic heterocycles. The van der Waals surface area contributed by atoms with Gasteiger partial charge in [-0.25, -0.2) is 9.67 Å². The lowest BCUT2D eigenvalue weighted by Gasteiger charge is -2.02. The van der Waals surface area contributed by atoms with Gasteiger partial charge in [-0.05, 0) is 12.1 Å². The van der Waals surface area contributed by atoms with Gasteiger partial charge >= 0.3 is 0 Å². The topological polar surface area (TPSA) is 83.6 Å². The predicted octanol–water partition coefficient (Wildman–Crippen LogP) is 1.15. The molecule has 0 fully saturated rings. The van der Waals surface area contributed by atoms with Gasteiger partial charge in [0.25, 0.3) is 5.91 Å². The molecule has 1 amide bonds. The van der Waals surface area contributed by atoms with E-state index in [1.54, 1.807) is 12.1 Å². The largest absolute Gasteiger partial charge is 0.355 e. The first kappa shape index (κ1) is 12.1. The second kappa shape index (κ2) is 4.85. The van der Waals surface area contributed by atoms with E-state index in [4.69, 9.17) is 16.9 Å². The van der Waals surface area contributed by atoms with Crippen molar-refractivity contribution in [1.29, 1.82) is 5.26 Å². The Morgan fingerprint density at radius 1 is 1.50 bits per heavy atom. The van der Waals surface area contributed by atoms with Gasteiger partial charge in [0.2, 0.25) is 0 Å². The van der Waals surface area contributed by atoms with E-state index in [1.807, 2.05) is 6.07 Å². The Morgan fingerprint density at radius 2 is 2.28 bits per heavy atom. The second-order valence-corrected chi connectivity index (χ2v) is 3.78. The third kappa shape index (κ3) is 2.04. The fraction of sp³-hybridized carbons (Fsp3) is 0.0909. The molecule has 90 valence electrons. The first-order valence-electron chi connectivity index (χ1n) is 4.99. The monoisotopic (exact) mass is 261 g/mol. The summed E-state index contributed by atoms with van der Waals surface area (Å²) in [5.74, 6) is 0.0536. The minimum absolute atomic E-state index is 0.129. The summed E-state index contributed by atoms with van der Waals surface area (Å²) in [7, 11) is 1.49. The number of carbonyl (C=O) groups excluding carboxylic acids is 1. The van der Waals surface area contributed by atoms with Crippen molar-refractivity contribution >= 4 is 17.5 Å². The van der Waals surface area contributed by atoms with E-state index >= 15 is 0 Å². The minimum atomic E-state index is -0.369. The summed E-state index contributed by atoms with van der Waals surface area (Å²) in [6.07, 6.45) is 2.77. The van der Waals surface area contributed by atoms with Crippen LogP contribution < -0.4 is 5.32 Å². The Labute approximate surface area is 108 Å². The number of amides is 1. The number of halogens is 1. The lowest BCUT2D eigenvalue weighted by atomic mass is 10.2. The lowest BCUT2D eigenvalue weighted by molar-refractivity contribution is 0.0963. The maximum atomic E-state index is 11.5. The van der Waals surface area contributed by atoms with Crippen LogP contribution in [0.4, 0.5) is 0 Å². The molecule has 0 atom stereocenters. The van der Waals surface area contributed by atoms with Crippen LogP contribution in [0.3, 0.4) is 0 Å². The number of nitriles is 1. The van der Waals surface area contributed by atoms with Gasteiger partial charge in [-0.15, -0.1) is 0 Å². The molecule has 0 bridgehead atoms. The number of aromatic nitrogens is 3. The van der Waals surface area contributed by atoms with E-state index in [1.165, 1.54) is 24.1 Å². The molecule has 0 saturated heterocycles. The molecule has 0 aromatic carbocycles. The maximum Gasteiger partial charge on any atom is 0.255 e. The molecule has 2 aromatic rings. The molecule has 6 nitrogen and oxygen atoms in total. The second-order valence-electron chi connectivity index (χ2n) is 3.34. The van der Waals surface area contributed by atoms with Crippen molar-refractivity contribution in [2.24, 2.45) is 0 Å². The van der Waals surface area contributed by atoms with Crippen LogP contribution in [-0.4, -0.2) is 27.7 Å². The summed E-state index contributed by atoms with van der Waals surface area (Å²) in [6, 6.07) is 5.19. The Bertz CT molecular complexity index is 626. The summed E-state index contributed by atoms with van der Waals surface area (Å²) < 4.78 is 1.29. The van der Waals surface area contributed by atoms with Crippen LogP contribution in [0.25, 0.3) is 5.82 Å². The molecule has 0 aliphatic carbocycles. The number of carbonyl (C=O) groups is 1. The zero-order valence-electron chi connectivity index (χ0n) is 9.38. The predicted molar refractivity (Wildman–Crippen MR) is 64.5 cm³/mol. The third-order valence-corrected chi connectivity index (χ3v) is 2.50. The molecular formula is C11H8ClN5O. The van der Waals surface area contributed by atoms with E-state index in [9.17, 15) is 4.79 Å². The fourth-order valence-electron chi connectivity index (χ4n) is 1.42. The van der Waals surface area contributed by atoms with Gasteiger partial charge in [-0.1, -0.05) is 11.6 Å². The number of rotatable bonds is 2. The summed E-state index contributed by atoms with van der Waals surface area (Å²) in [5.41, 5.74) is 0.334. The summed E-state index contributed by atoms with van der Waals surface area (Å²) in [4.78, 5) is 15.6. The highest BCUT2D eigenvalue weighted by Gasteiger charge is 2.17. The highest BCUT2D eigenvalue weighted by molar-refractivity contribution is 6.30. The maximum absolute atomic E-state index is 11.5. The normalized spacial score (nSPS) is 9.83. The molecule has 2 heterocycles. The van der Waals surface area contributed by atoms with Crippen molar-refractivity contribution in [3.8, 4) is 11.9 Å². The van der Waals surface area contributed by atoms with Crippen LogP contribution >= 0.6 is 11.6 Å². The number of hydrogen-bond donors (Lipinski definition) is 1. The molecule has 0 aliphatic rings. The van der Waals surface area contributed by atoms with E-state index in [0.717, 1.165) is 0 Å². The summed E-state index contributed by atoms with van der Waals surface area (Å²) in [6.45, 7) is 0. The standard InChI is InChI=1S/C11H8ClN5O/c1-14-11(18)8-6-16-17(9(8)4-13)10-3-2-7(12)5-15-10/h2-3,5-6H,1H3,(H,14,18). The minimum Gasteiger partial charge on any atom is -0.355 e. The number of hydrogen-bond acceptors (Lipinski definition) is 4. The number of nitrogens with one attached hydrogen (secondary N) is 1. The fourth-order valence-corrected chi connectivity index (χ4v) is 1.54. The molecule has 7 heteroatoms. The molecule has 0 saturated carbocycles. The van der Waals surface area contributed by atoms with Crippen molar-refractivity contribution in [1.82, 2.24) is 20.1 Å². The zero-order chi connectivity index (χ0) is 13.1. The van der Waals surface area contributed by atoms with Crippen LogP contribution in [-0.2, 0) is 0 Å². The highest BCUT2D eigenvalue weighted by atomic mass is 35.5. The van der Waals surface area contributed by atoms with Crippen LogP contribution in [0.15, 0.2) is 24.5 Å². The van der Waals surface area contributed by atoms with Gasteiger partial charge in [-0.2, -0.15) is 10.4 Å². The van der Waals surface area contributed by atoms with Crippen molar-refractivity contribution in [2.75, 3.05) is 7.05 Å². The van der Waals surface area contributed by atoms with Crippen molar-refractivity contribution in [2.45, 2.75) is 0 Å². The first-order valence-corrected chi connectivity index (χ1v) is 5.37. The molecule has 1 N–H and O–H groups in total. The molecule has 2 aromatic heterocycles. The summed E-state index contributed by atoms with van der Waals surface area (Å²) >= 11 is 5.73. The van der Waals surface area contributed by atoms with Gasteiger partial charge < -0.3 is 5.32 Å². The Morgan fingerprint density at radius 3 is 2.83 bits per heavy atom. The highest BCUT2D eigenvalue weighted by Crippen LogP contribution is 2.14. The Hall–Kier alpha value is -2.39.